The summed E-state index contributed by atoms with van der Waals surface area (Å²) in [5.41, 5.74) is 1.55. The number of ether oxygens (including phenoxy) is 1. The van der Waals surface area contributed by atoms with Gasteiger partial charge in [0, 0.05) is 13.2 Å². The fourth-order valence-electron chi connectivity index (χ4n) is 1.32. The molecule has 0 aromatic carbocycles. The molecule has 0 bridgehead atoms. The Morgan fingerprint density at radius 1 is 1.42 bits per heavy atom. The molecule has 1 nitrogen and oxygen atoms in total. The molecule has 12 heavy (non-hydrogen) atoms. The Kier molecular flexibility index (Phi) is 4.77. The molecule has 0 aromatic rings. The molecule has 1 aliphatic rings. The highest BCUT2D eigenvalue weighted by molar-refractivity contribution is 5.22. The summed E-state index contributed by atoms with van der Waals surface area (Å²) in [6.07, 6.45) is 11.2. The Bertz CT molecular complexity index is 168. The van der Waals surface area contributed by atoms with Crippen molar-refractivity contribution < 1.29 is 4.74 Å². The van der Waals surface area contributed by atoms with E-state index >= 15 is 0 Å². The number of rotatable bonds is 6. The predicted octanol–water partition coefficient (Wildman–Crippen LogP) is 3.08. The van der Waals surface area contributed by atoms with Gasteiger partial charge >= 0.3 is 0 Å². The Balaban J connectivity index is 1.89. The van der Waals surface area contributed by atoms with Crippen molar-refractivity contribution in [1.29, 1.82) is 0 Å². The van der Waals surface area contributed by atoms with E-state index < -0.39 is 0 Å². The lowest BCUT2D eigenvalue weighted by Gasteiger charge is -2.02. The maximum Gasteiger partial charge on any atom is 0.0469 e. The van der Waals surface area contributed by atoms with Gasteiger partial charge in [-0.3, -0.25) is 0 Å². The quantitative estimate of drug-likeness (QED) is 0.551. The van der Waals surface area contributed by atoms with Crippen LogP contribution in [0, 0.1) is 0 Å². The second-order valence-corrected chi connectivity index (χ2v) is 3.17. The van der Waals surface area contributed by atoms with Gasteiger partial charge in [-0.15, -0.1) is 0 Å². The van der Waals surface area contributed by atoms with Gasteiger partial charge in [0.15, 0.2) is 0 Å². The van der Waals surface area contributed by atoms with E-state index in [2.05, 4.69) is 25.2 Å². The van der Waals surface area contributed by atoms with Crippen LogP contribution in [0.15, 0.2) is 23.8 Å². The molecule has 1 rings (SSSR count). The molecular formula is C11H18O. The van der Waals surface area contributed by atoms with Crippen molar-refractivity contribution in [3.63, 3.8) is 0 Å². The molecule has 1 heteroatoms. The smallest absolute Gasteiger partial charge is 0.0469 e. The van der Waals surface area contributed by atoms with Crippen LogP contribution in [0.1, 0.15) is 32.6 Å². The van der Waals surface area contributed by atoms with E-state index in [0.717, 1.165) is 26.1 Å². The summed E-state index contributed by atoms with van der Waals surface area (Å²) >= 11 is 0. The summed E-state index contributed by atoms with van der Waals surface area (Å²) < 4.78 is 5.39. The van der Waals surface area contributed by atoms with E-state index in [4.69, 9.17) is 4.74 Å². The second kappa shape index (κ2) is 6.01. The number of allylic oxidation sites excluding steroid dienone is 4. The van der Waals surface area contributed by atoms with Gasteiger partial charge in [0.1, 0.15) is 0 Å². The van der Waals surface area contributed by atoms with Crippen molar-refractivity contribution in [3.05, 3.63) is 23.8 Å². The minimum absolute atomic E-state index is 0.914. The van der Waals surface area contributed by atoms with E-state index in [-0.39, 0.29) is 0 Å². The topological polar surface area (TPSA) is 9.23 Å². The Labute approximate surface area is 75.1 Å². The maximum absolute atomic E-state index is 5.39. The Morgan fingerprint density at radius 2 is 2.33 bits per heavy atom. The van der Waals surface area contributed by atoms with Gasteiger partial charge < -0.3 is 4.74 Å². The largest absolute Gasteiger partial charge is 0.381 e. The normalized spacial score (nSPS) is 15.2. The van der Waals surface area contributed by atoms with Gasteiger partial charge in [0.25, 0.3) is 0 Å². The molecule has 0 spiro atoms. The Hall–Kier alpha value is -0.560. The summed E-state index contributed by atoms with van der Waals surface area (Å²) in [5, 5.41) is 0. The van der Waals surface area contributed by atoms with Gasteiger partial charge in [-0.05, 0) is 25.7 Å². The van der Waals surface area contributed by atoms with E-state index in [1.54, 1.807) is 5.57 Å². The van der Waals surface area contributed by atoms with Crippen LogP contribution in [0.25, 0.3) is 0 Å². The molecule has 68 valence electrons. The molecule has 0 aromatic heterocycles. The molecule has 0 saturated heterocycles. The second-order valence-electron chi connectivity index (χ2n) is 3.17. The summed E-state index contributed by atoms with van der Waals surface area (Å²) in [6, 6.07) is 0. The number of hydrogen-bond donors (Lipinski definition) is 0. The van der Waals surface area contributed by atoms with Crippen molar-refractivity contribution in [3.8, 4) is 0 Å². The maximum atomic E-state index is 5.39. The monoisotopic (exact) mass is 166 g/mol. The molecule has 1 aliphatic carbocycles. The van der Waals surface area contributed by atoms with E-state index in [1.807, 2.05) is 0 Å². The zero-order valence-corrected chi connectivity index (χ0v) is 7.88. The van der Waals surface area contributed by atoms with Crippen LogP contribution in [-0.4, -0.2) is 13.2 Å². The van der Waals surface area contributed by atoms with Crippen LogP contribution in [0.5, 0.6) is 0 Å². The summed E-state index contributed by atoms with van der Waals surface area (Å²) in [7, 11) is 0. The zero-order chi connectivity index (χ0) is 8.65. The highest BCUT2D eigenvalue weighted by Crippen LogP contribution is 2.15. The summed E-state index contributed by atoms with van der Waals surface area (Å²) in [6.45, 7) is 3.98. The van der Waals surface area contributed by atoms with Crippen LogP contribution in [0.3, 0.4) is 0 Å². The summed E-state index contributed by atoms with van der Waals surface area (Å²) in [4.78, 5) is 0. The van der Waals surface area contributed by atoms with E-state index in [9.17, 15) is 0 Å². The number of hydrogen-bond acceptors (Lipinski definition) is 1. The van der Waals surface area contributed by atoms with Gasteiger partial charge in [-0.25, -0.2) is 0 Å². The van der Waals surface area contributed by atoms with Crippen molar-refractivity contribution in [2.45, 2.75) is 32.6 Å². The average molecular weight is 166 g/mol. The molecule has 0 unspecified atom stereocenters. The SMILES string of the molecule is CCCOCCCC1=CC=CC1. The molecule has 0 aliphatic heterocycles. The lowest BCUT2D eigenvalue weighted by molar-refractivity contribution is 0.132. The minimum Gasteiger partial charge on any atom is -0.381 e. The first-order chi connectivity index (χ1) is 5.93. The molecular weight excluding hydrogens is 148 g/mol. The Morgan fingerprint density at radius 3 is 3.00 bits per heavy atom. The van der Waals surface area contributed by atoms with Crippen LogP contribution >= 0.6 is 0 Å². The van der Waals surface area contributed by atoms with Crippen LogP contribution in [-0.2, 0) is 4.74 Å². The van der Waals surface area contributed by atoms with E-state index in [1.165, 1.54) is 12.8 Å². The third kappa shape index (κ3) is 3.72. The van der Waals surface area contributed by atoms with Crippen LogP contribution in [0.2, 0.25) is 0 Å². The highest BCUT2D eigenvalue weighted by atomic mass is 16.5. The lowest BCUT2D eigenvalue weighted by atomic mass is 10.1. The first kappa shape index (κ1) is 9.53. The molecule has 0 heterocycles. The van der Waals surface area contributed by atoms with Gasteiger partial charge in [-0.2, -0.15) is 0 Å². The molecule has 0 fully saturated rings. The fourth-order valence-corrected chi connectivity index (χ4v) is 1.32. The van der Waals surface area contributed by atoms with Crippen molar-refractivity contribution in [2.24, 2.45) is 0 Å². The zero-order valence-electron chi connectivity index (χ0n) is 7.88. The van der Waals surface area contributed by atoms with E-state index in [0.29, 0.717) is 0 Å². The first-order valence-electron chi connectivity index (χ1n) is 4.86. The highest BCUT2D eigenvalue weighted by Gasteiger charge is 1.98. The summed E-state index contributed by atoms with van der Waals surface area (Å²) in [5.74, 6) is 0. The third-order valence-electron chi connectivity index (χ3n) is 1.98. The molecule has 0 atom stereocenters. The lowest BCUT2D eigenvalue weighted by Crippen LogP contribution is -1.95. The molecule has 0 amide bonds. The first-order valence-corrected chi connectivity index (χ1v) is 4.86. The van der Waals surface area contributed by atoms with Crippen LogP contribution < -0.4 is 0 Å². The molecule has 0 N–H and O–H groups in total. The van der Waals surface area contributed by atoms with Crippen molar-refractivity contribution >= 4 is 0 Å². The predicted molar refractivity (Wildman–Crippen MR) is 52.2 cm³/mol. The fraction of sp³-hybridized carbons (Fsp3) is 0.636. The van der Waals surface area contributed by atoms with Crippen molar-refractivity contribution in [2.75, 3.05) is 13.2 Å². The van der Waals surface area contributed by atoms with Gasteiger partial charge in [0.05, 0.1) is 0 Å². The standard InChI is InChI=1S/C11H18O/c1-2-9-12-10-5-8-11-6-3-4-7-11/h3-4,6H,2,5,7-10H2,1H3. The van der Waals surface area contributed by atoms with Crippen LogP contribution in [0.4, 0.5) is 0 Å². The van der Waals surface area contributed by atoms with Gasteiger partial charge in [0.2, 0.25) is 0 Å². The minimum atomic E-state index is 0.914. The third-order valence-corrected chi connectivity index (χ3v) is 1.98. The van der Waals surface area contributed by atoms with Gasteiger partial charge in [-0.1, -0.05) is 30.7 Å². The molecule has 0 saturated carbocycles. The average Bonchev–Trinajstić information content (AvgIpc) is 2.57. The molecule has 0 radical (unpaired) electrons. The van der Waals surface area contributed by atoms with Crippen molar-refractivity contribution in [1.82, 2.24) is 0 Å².